The number of nitrogens with one attached hydrogen (secondary N) is 1. The lowest BCUT2D eigenvalue weighted by molar-refractivity contribution is -0.121. The highest BCUT2D eigenvalue weighted by Crippen LogP contribution is 2.03. The van der Waals surface area contributed by atoms with Crippen LogP contribution in [0.3, 0.4) is 0 Å². The van der Waals surface area contributed by atoms with Crippen molar-refractivity contribution in [1.82, 2.24) is 15.2 Å². The van der Waals surface area contributed by atoms with E-state index in [-0.39, 0.29) is 11.8 Å². The molecule has 1 aromatic heterocycles. The third kappa shape index (κ3) is 2.81. The van der Waals surface area contributed by atoms with Gasteiger partial charge in [0.15, 0.2) is 11.6 Å². The Balaban J connectivity index is 2.55. The number of nitrogens with zero attached hydrogens (tertiary/aromatic N) is 2. The molecule has 78 valence electrons. The van der Waals surface area contributed by atoms with Gasteiger partial charge in [-0.05, 0) is 0 Å². The third-order valence-corrected chi connectivity index (χ3v) is 1.83. The second-order valence-electron chi connectivity index (χ2n) is 3.14. The average molecular weight is 198 g/mol. The predicted octanol–water partition coefficient (Wildman–Crippen LogP) is -0.385. The molecular formula is C8H14N4O2. The van der Waals surface area contributed by atoms with E-state index >= 15 is 0 Å². The molecule has 1 rings (SSSR count). The molecular weight excluding hydrogens is 184 g/mol. The standard InChI is InChI=1S/C8H14N4O2/c1-5(8(9)13)3-6-10-7(4-14-2)12-11-6/h5H,3-4H2,1-2H3,(H2,9,13)(H,10,11,12)/t5-/m0/s1. The maximum Gasteiger partial charge on any atom is 0.220 e. The molecule has 6 heteroatoms. The lowest BCUT2D eigenvalue weighted by Gasteiger charge is -2.01. The number of hydrogen-bond acceptors (Lipinski definition) is 4. The molecule has 0 spiro atoms. The van der Waals surface area contributed by atoms with E-state index in [4.69, 9.17) is 10.5 Å². The van der Waals surface area contributed by atoms with Crippen LogP contribution in [0.15, 0.2) is 0 Å². The number of methoxy groups -OCH3 is 1. The van der Waals surface area contributed by atoms with E-state index in [1.807, 2.05) is 0 Å². The minimum absolute atomic E-state index is 0.249. The zero-order valence-corrected chi connectivity index (χ0v) is 8.28. The van der Waals surface area contributed by atoms with Gasteiger partial charge in [-0.1, -0.05) is 6.92 Å². The highest BCUT2D eigenvalue weighted by molar-refractivity contribution is 5.76. The normalized spacial score (nSPS) is 12.7. The zero-order valence-electron chi connectivity index (χ0n) is 8.28. The second-order valence-corrected chi connectivity index (χ2v) is 3.14. The maximum atomic E-state index is 10.8. The maximum absolute atomic E-state index is 10.8. The van der Waals surface area contributed by atoms with E-state index < -0.39 is 0 Å². The zero-order chi connectivity index (χ0) is 10.6. The van der Waals surface area contributed by atoms with Gasteiger partial charge in [0, 0.05) is 19.4 Å². The summed E-state index contributed by atoms with van der Waals surface area (Å²) in [5.74, 6) is 0.645. The summed E-state index contributed by atoms with van der Waals surface area (Å²) in [6.07, 6.45) is 0.454. The van der Waals surface area contributed by atoms with Gasteiger partial charge in [-0.2, -0.15) is 5.10 Å². The molecule has 0 aromatic carbocycles. The van der Waals surface area contributed by atoms with Crippen LogP contribution in [0.4, 0.5) is 0 Å². The first kappa shape index (κ1) is 10.6. The summed E-state index contributed by atoms with van der Waals surface area (Å²) < 4.78 is 4.87. The van der Waals surface area contributed by atoms with E-state index in [0.717, 1.165) is 0 Å². The van der Waals surface area contributed by atoms with Crippen LogP contribution in [-0.4, -0.2) is 28.2 Å². The molecule has 0 unspecified atom stereocenters. The van der Waals surface area contributed by atoms with Crippen molar-refractivity contribution in [1.29, 1.82) is 0 Å². The Kier molecular flexibility index (Phi) is 3.58. The number of carbonyl (C=O) groups excluding carboxylic acids is 1. The molecule has 1 amide bonds. The summed E-state index contributed by atoms with van der Waals surface area (Å²) in [4.78, 5) is 14.9. The molecule has 14 heavy (non-hydrogen) atoms. The molecule has 0 saturated carbocycles. The van der Waals surface area contributed by atoms with Crippen LogP contribution in [0.5, 0.6) is 0 Å². The Bertz CT molecular complexity index is 310. The molecule has 0 saturated heterocycles. The highest BCUT2D eigenvalue weighted by atomic mass is 16.5. The molecule has 1 heterocycles. The van der Waals surface area contributed by atoms with Crippen molar-refractivity contribution in [3.8, 4) is 0 Å². The van der Waals surface area contributed by atoms with Crippen molar-refractivity contribution in [2.45, 2.75) is 20.0 Å². The minimum Gasteiger partial charge on any atom is -0.377 e. The summed E-state index contributed by atoms with van der Waals surface area (Å²) in [7, 11) is 1.58. The van der Waals surface area contributed by atoms with E-state index in [9.17, 15) is 4.79 Å². The van der Waals surface area contributed by atoms with Crippen LogP contribution in [0.25, 0.3) is 0 Å². The molecule has 6 nitrogen and oxygen atoms in total. The second kappa shape index (κ2) is 4.71. The molecule has 0 radical (unpaired) electrons. The summed E-state index contributed by atoms with van der Waals surface area (Å²) in [6, 6.07) is 0. The van der Waals surface area contributed by atoms with Crippen LogP contribution in [0, 0.1) is 5.92 Å². The van der Waals surface area contributed by atoms with Crippen molar-refractivity contribution >= 4 is 5.91 Å². The van der Waals surface area contributed by atoms with Gasteiger partial charge in [-0.25, -0.2) is 4.98 Å². The van der Waals surface area contributed by atoms with E-state index in [1.165, 1.54) is 0 Å². The number of nitrogens with two attached hydrogens (primary N) is 1. The van der Waals surface area contributed by atoms with Crippen molar-refractivity contribution in [2.75, 3.05) is 7.11 Å². The smallest absolute Gasteiger partial charge is 0.220 e. The SMILES string of the molecule is COCc1nc(C[C@H](C)C(N)=O)n[nH]1. The number of hydrogen-bond donors (Lipinski definition) is 2. The van der Waals surface area contributed by atoms with E-state index in [0.29, 0.717) is 24.7 Å². The number of H-pyrrole nitrogens is 1. The molecule has 3 N–H and O–H groups in total. The quantitative estimate of drug-likeness (QED) is 0.674. The van der Waals surface area contributed by atoms with Gasteiger partial charge in [0.2, 0.25) is 5.91 Å². The number of carbonyl (C=O) groups is 1. The molecule has 0 aliphatic heterocycles. The fourth-order valence-corrected chi connectivity index (χ4v) is 1.00. The first-order chi connectivity index (χ1) is 6.63. The van der Waals surface area contributed by atoms with Crippen LogP contribution in [0.2, 0.25) is 0 Å². The summed E-state index contributed by atoms with van der Waals surface area (Å²) in [5, 5.41) is 6.65. The first-order valence-corrected chi connectivity index (χ1v) is 4.32. The fourth-order valence-electron chi connectivity index (χ4n) is 1.00. The topological polar surface area (TPSA) is 93.9 Å². The van der Waals surface area contributed by atoms with Gasteiger partial charge in [0.25, 0.3) is 0 Å². The Morgan fingerprint density at radius 3 is 3.00 bits per heavy atom. The first-order valence-electron chi connectivity index (χ1n) is 4.32. The Morgan fingerprint density at radius 1 is 1.71 bits per heavy atom. The van der Waals surface area contributed by atoms with Crippen LogP contribution < -0.4 is 5.73 Å². The van der Waals surface area contributed by atoms with Crippen molar-refractivity contribution < 1.29 is 9.53 Å². The minimum atomic E-state index is -0.344. The molecule has 0 fully saturated rings. The number of ether oxygens (including phenoxy) is 1. The van der Waals surface area contributed by atoms with Crippen LogP contribution >= 0.6 is 0 Å². The number of amides is 1. The van der Waals surface area contributed by atoms with Crippen molar-refractivity contribution in [2.24, 2.45) is 11.7 Å². The Labute approximate surface area is 81.9 Å². The molecule has 1 atom stereocenters. The monoisotopic (exact) mass is 198 g/mol. The molecule has 0 aliphatic rings. The van der Waals surface area contributed by atoms with Crippen LogP contribution in [-0.2, 0) is 22.6 Å². The van der Waals surface area contributed by atoms with Gasteiger partial charge >= 0.3 is 0 Å². The summed E-state index contributed by atoms with van der Waals surface area (Å²) in [5.41, 5.74) is 5.12. The summed E-state index contributed by atoms with van der Waals surface area (Å²) in [6.45, 7) is 2.13. The number of rotatable bonds is 5. The summed E-state index contributed by atoms with van der Waals surface area (Å²) >= 11 is 0. The fraction of sp³-hybridized carbons (Fsp3) is 0.625. The Hall–Kier alpha value is -1.43. The number of aromatic nitrogens is 3. The predicted molar refractivity (Wildman–Crippen MR) is 49.2 cm³/mol. The lowest BCUT2D eigenvalue weighted by atomic mass is 10.1. The Morgan fingerprint density at radius 2 is 2.43 bits per heavy atom. The van der Waals surface area contributed by atoms with Gasteiger partial charge in [-0.15, -0.1) is 0 Å². The van der Waals surface area contributed by atoms with E-state index in [2.05, 4.69) is 15.2 Å². The number of aromatic amines is 1. The average Bonchev–Trinajstić information content (AvgIpc) is 2.53. The number of primary amides is 1. The van der Waals surface area contributed by atoms with Gasteiger partial charge < -0.3 is 10.5 Å². The van der Waals surface area contributed by atoms with Gasteiger partial charge in [0.1, 0.15) is 6.61 Å². The van der Waals surface area contributed by atoms with Gasteiger partial charge in [-0.3, -0.25) is 9.89 Å². The molecule has 0 aliphatic carbocycles. The van der Waals surface area contributed by atoms with Crippen LogP contribution in [0.1, 0.15) is 18.6 Å². The highest BCUT2D eigenvalue weighted by Gasteiger charge is 2.12. The van der Waals surface area contributed by atoms with Crippen molar-refractivity contribution in [3.63, 3.8) is 0 Å². The molecule has 1 aromatic rings. The molecule has 0 bridgehead atoms. The largest absolute Gasteiger partial charge is 0.377 e. The van der Waals surface area contributed by atoms with Gasteiger partial charge in [0.05, 0.1) is 0 Å². The third-order valence-electron chi connectivity index (χ3n) is 1.83. The van der Waals surface area contributed by atoms with E-state index in [1.54, 1.807) is 14.0 Å². The van der Waals surface area contributed by atoms with Crippen molar-refractivity contribution in [3.05, 3.63) is 11.6 Å². The lowest BCUT2D eigenvalue weighted by Crippen LogP contribution is -2.22.